The van der Waals surface area contributed by atoms with E-state index in [9.17, 15) is 9.59 Å². The van der Waals surface area contributed by atoms with Crippen molar-refractivity contribution in [3.63, 3.8) is 0 Å². The number of benzene rings is 1. The molecule has 1 aliphatic heterocycles. The summed E-state index contributed by atoms with van der Waals surface area (Å²) in [5.74, 6) is 1.78. The molecule has 2 amide bonds. The lowest BCUT2D eigenvalue weighted by Crippen LogP contribution is -2.40. The van der Waals surface area contributed by atoms with E-state index in [4.69, 9.17) is 0 Å². The Kier molecular flexibility index (Phi) is 2.04. The maximum Gasteiger partial charge on any atom is 0.238 e. The highest BCUT2D eigenvalue weighted by Gasteiger charge is 2.67. The van der Waals surface area contributed by atoms with Crippen LogP contribution in [0.1, 0.15) is 12.0 Å². The molecule has 0 unspecified atom stereocenters. The largest absolute Gasteiger partial charge is 0.274 e. The molecule has 106 valence electrons. The van der Waals surface area contributed by atoms with Crippen LogP contribution in [0.5, 0.6) is 0 Å². The fourth-order valence-corrected chi connectivity index (χ4v) is 4.98. The van der Waals surface area contributed by atoms with Crippen molar-refractivity contribution >= 4 is 17.5 Å². The fourth-order valence-electron chi connectivity index (χ4n) is 4.98. The molecule has 3 heteroatoms. The standard InChI is InChI=1S/C18H17NO2/c1-9-3-2-4-10(7-9)19-17(20)15-11-5-6-12(14-8-13(11)14)16(15)18(19)21/h2-7,11-16H,8H2,1H3/t11-,12+,13+,14-,15+,16-. The highest BCUT2D eigenvalue weighted by Crippen LogP contribution is 2.65. The van der Waals surface area contributed by atoms with Gasteiger partial charge in [0.15, 0.2) is 0 Å². The average Bonchev–Trinajstić information content (AvgIpc) is 3.24. The second-order valence-corrected chi connectivity index (χ2v) is 7.01. The van der Waals surface area contributed by atoms with Gasteiger partial charge in [-0.25, -0.2) is 0 Å². The first kappa shape index (κ1) is 11.7. The molecule has 0 N–H and O–H groups in total. The molecule has 0 spiro atoms. The lowest BCUT2D eigenvalue weighted by molar-refractivity contribution is -0.124. The lowest BCUT2D eigenvalue weighted by Gasteiger charge is -2.37. The van der Waals surface area contributed by atoms with Crippen LogP contribution in [0.2, 0.25) is 0 Å². The van der Waals surface area contributed by atoms with Crippen molar-refractivity contribution in [2.45, 2.75) is 13.3 Å². The highest BCUT2D eigenvalue weighted by molar-refractivity contribution is 6.22. The SMILES string of the molecule is Cc1cccc(N2C(=O)[C@@H]3[C@H]4C=C[C@H]([C@@H]5C[C@H]45)[C@@H]3C2=O)c1. The molecule has 1 aromatic carbocycles. The summed E-state index contributed by atoms with van der Waals surface area (Å²) < 4.78 is 0. The number of amides is 2. The minimum Gasteiger partial charge on any atom is -0.274 e. The van der Waals surface area contributed by atoms with Gasteiger partial charge in [-0.15, -0.1) is 0 Å². The van der Waals surface area contributed by atoms with E-state index in [2.05, 4.69) is 12.2 Å². The van der Waals surface area contributed by atoms with Gasteiger partial charge in [0, 0.05) is 0 Å². The summed E-state index contributed by atoms with van der Waals surface area (Å²) in [6.07, 6.45) is 5.64. The number of hydrogen-bond acceptors (Lipinski definition) is 2. The first-order valence-electron chi connectivity index (χ1n) is 7.79. The Bertz CT molecular complexity index is 671. The number of nitrogens with zero attached hydrogens (tertiary/aromatic N) is 1. The van der Waals surface area contributed by atoms with Crippen molar-refractivity contribution in [2.75, 3.05) is 4.90 Å². The Morgan fingerprint density at radius 1 is 1.00 bits per heavy atom. The second kappa shape index (κ2) is 3.65. The van der Waals surface area contributed by atoms with Gasteiger partial charge in [0.25, 0.3) is 0 Å². The molecular formula is C18H17NO2. The molecule has 4 aliphatic carbocycles. The number of carbonyl (C=O) groups is 2. The van der Waals surface area contributed by atoms with Gasteiger partial charge in [0.05, 0.1) is 17.5 Å². The summed E-state index contributed by atoms with van der Waals surface area (Å²) >= 11 is 0. The van der Waals surface area contributed by atoms with Crippen molar-refractivity contribution in [1.29, 1.82) is 0 Å². The maximum absolute atomic E-state index is 12.9. The lowest BCUT2D eigenvalue weighted by atomic mass is 9.63. The van der Waals surface area contributed by atoms with Crippen molar-refractivity contribution < 1.29 is 9.59 Å². The van der Waals surface area contributed by atoms with E-state index >= 15 is 0 Å². The van der Waals surface area contributed by atoms with E-state index < -0.39 is 0 Å². The van der Waals surface area contributed by atoms with Gasteiger partial charge in [-0.3, -0.25) is 14.5 Å². The Morgan fingerprint density at radius 3 is 2.19 bits per heavy atom. The summed E-state index contributed by atoms with van der Waals surface area (Å²) in [6, 6.07) is 7.71. The van der Waals surface area contributed by atoms with Gasteiger partial charge in [0.1, 0.15) is 0 Å². The number of rotatable bonds is 1. The zero-order chi connectivity index (χ0) is 14.3. The van der Waals surface area contributed by atoms with Crippen LogP contribution in [-0.4, -0.2) is 11.8 Å². The molecule has 2 saturated carbocycles. The van der Waals surface area contributed by atoms with Gasteiger partial charge in [-0.1, -0.05) is 24.3 Å². The van der Waals surface area contributed by atoms with E-state index in [-0.39, 0.29) is 23.7 Å². The van der Waals surface area contributed by atoms with Crippen LogP contribution in [0.4, 0.5) is 5.69 Å². The molecule has 6 rings (SSSR count). The van der Waals surface area contributed by atoms with Crippen LogP contribution in [0, 0.1) is 42.4 Å². The number of allylic oxidation sites excluding steroid dienone is 2. The monoisotopic (exact) mass is 279 g/mol. The number of aryl methyl sites for hydroxylation is 1. The molecule has 1 heterocycles. The van der Waals surface area contributed by atoms with Crippen LogP contribution in [0.25, 0.3) is 0 Å². The number of carbonyl (C=O) groups excluding carboxylic acids is 2. The first-order chi connectivity index (χ1) is 10.2. The highest BCUT2D eigenvalue weighted by atomic mass is 16.2. The van der Waals surface area contributed by atoms with Crippen LogP contribution in [0.15, 0.2) is 36.4 Å². The topological polar surface area (TPSA) is 37.4 Å². The van der Waals surface area contributed by atoms with E-state index in [0.29, 0.717) is 23.7 Å². The van der Waals surface area contributed by atoms with Gasteiger partial charge in [-0.05, 0) is 54.7 Å². The predicted octanol–water partition coefficient (Wildman–Crippen LogP) is 2.55. The summed E-state index contributed by atoms with van der Waals surface area (Å²) in [5, 5.41) is 0. The molecule has 5 aliphatic rings. The normalized spacial score (nSPS) is 42.2. The van der Waals surface area contributed by atoms with Crippen LogP contribution >= 0.6 is 0 Å². The Hall–Kier alpha value is -1.90. The third kappa shape index (κ3) is 1.34. The van der Waals surface area contributed by atoms with Crippen LogP contribution < -0.4 is 4.90 Å². The number of hydrogen-bond donors (Lipinski definition) is 0. The van der Waals surface area contributed by atoms with Crippen molar-refractivity contribution in [3.05, 3.63) is 42.0 Å². The first-order valence-corrected chi connectivity index (χ1v) is 7.79. The molecule has 0 aromatic heterocycles. The Labute approximate surface area is 123 Å². The van der Waals surface area contributed by atoms with E-state index in [0.717, 1.165) is 11.3 Å². The van der Waals surface area contributed by atoms with Crippen molar-refractivity contribution in [2.24, 2.45) is 35.5 Å². The molecular weight excluding hydrogens is 262 g/mol. The quantitative estimate of drug-likeness (QED) is 0.585. The van der Waals surface area contributed by atoms with E-state index in [1.54, 1.807) is 0 Å². The fraction of sp³-hybridized carbons (Fsp3) is 0.444. The minimum atomic E-state index is -0.100. The van der Waals surface area contributed by atoms with Gasteiger partial charge in [0.2, 0.25) is 11.8 Å². The maximum atomic E-state index is 12.9. The Balaban J connectivity index is 1.60. The zero-order valence-electron chi connectivity index (χ0n) is 11.9. The van der Waals surface area contributed by atoms with E-state index in [1.165, 1.54) is 11.3 Å². The summed E-state index contributed by atoms with van der Waals surface area (Å²) in [4.78, 5) is 27.2. The van der Waals surface area contributed by atoms with Gasteiger partial charge < -0.3 is 0 Å². The Morgan fingerprint density at radius 2 is 1.62 bits per heavy atom. The van der Waals surface area contributed by atoms with Crippen LogP contribution in [-0.2, 0) is 9.59 Å². The minimum absolute atomic E-state index is 0.0281. The average molecular weight is 279 g/mol. The second-order valence-electron chi connectivity index (χ2n) is 7.01. The molecule has 6 atom stereocenters. The van der Waals surface area contributed by atoms with Crippen molar-refractivity contribution in [1.82, 2.24) is 0 Å². The summed E-state index contributed by atoms with van der Waals surface area (Å²) in [7, 11) is 0. The molecule has 1 saturated heterocycles. The van der Waals surface area contributed by atoms with Crippen LogP contribution in [0.3, 0.4) is 0 Å². The predicted molar refractivity (Wildman–Crippen MR) is 78.4 cm³/mol. The van der Waals surface area contributed by atoms with Gasteiger partial charge >= 0.3 is 0 Å². The van der Waals surface area contributed by atoms with Gasteiger partial charge in [-0.2, -0.15) is 0 Å². The molecule has 21 heavy (non-hydrogen) atoms. The third-order valence-corrected chi connectivity index (χ3v) is 5.92. The summed E-state index contributed by atoms with van der Waals surface area (Å²) in [6.45, 7) is 1.99. The van der Waals surface area contributed by atoms with E-state index in [1.807, 2.05) is 31.2 Å². The summed E-state index contributed by atoms with van der Waals surface area (Å²) in [5.41, 5.74) is 1.82. The molecule has 0 radical (unpaired) electrons. The molecule has 3 fully saturated rings. The number of anilines is 1. The van der Waals surface area contributed by atoms with Crippen molar-refractivity contribution in [3.8, 4) is 0 Å². The third-order valence-electron chi connectivity index (χ3n) is 5.92. The number of imide groups is 1. The molecule has 1 aromatic rings. The molecule has 3 nitrogen and oxygen atoms in total. The molecule has 2 bridgehead atoms. The smallest absolute Gasteiger partial charge is 0.238 e. The zero-order valence-corrected chi connectivity index (χ0v) is 11.9.